The quantitative estimate of drug-likeness (QED) is 0.784. The minimum absolute atomic E-state index is 0.620. The first-order valence-electron chi connectivity index (χ1n) is 8.82. The zero-order valence-corrected chi connectivity index (χ0v) is 14.4. The highest BCUT2D eigenvalue weighted by molar-refractivity contribution is 5.11. The number of hydrogen-bond donors (Lipinski definition) is 0. The maximum absolute atomic E-state index is 5.55. The van der Waals surface area contributed by atoms with Gasteiger partial charge in [-0.1, -0.05) is 24.4 Å². The molecule has 0 saturated heterocycles. The average Bonchev–Trinajstić information content (AvgIpc) is 3.18. The summed E-state index contributed by atoms with van der Waals surface area (Å²) in [7, 11) is 4.19. The van der Waals surface area contributed by atoms with Gasteiger partial charge in [0.15, 0.2) is 5.76 Å². The molecule has 3 rings (SSSR count). The first kappa shape index (κ1) is 16.2. The van der Waals surface area contributed by atoms with Crippen LogP contribution in [0.4, 0.5) is 0 Å². The van der Waals surface area contributed by atoms with Crippen LogP contribution in [0, 0.1) is 0 Å². The molecule has 1 aliphatic carbocycles. The number of aromatic nitrogens is 3. The van der Waals surface area contributed by atoms with E-state index in [9.17, 15) is 0 Å². The number of aryl methyl sites for hydroxylation is 2. The van der Waals surface area contributed by atoms with Gasteiger partial charge in [0.25, 0.3) is 0 Å². The molecule has 1 aliphatic rings. The highest BCUT2D eigenvalue weighted by atomic mass is 16.5. The molecule has 0 radical (unpaired) electrons. The van der Waals surface area contributed by atoms with E-state index in [4.69, 9.17) is 4.52 Å². The Morgan fingerprint density at radius 3 is 2.87 bits per heavy atom. The predicted molar refractivity (Wildman–Crippen MR) is 90.2 cm³/mol. The lowest BCUT2D eigenvalue weighted by atomic mass is 9.87. The van der Waals surface area contributed by atoms with Crippen LogP contribution in [0.3, 0.4) is 0 Å². The van der Waals surface area contributed by atoms with Crippen molar-refractivity contribution in [3.8, 4) is 0 Å². The molecule has 0 N–H and O–H groups in total. The van der Waals surface area contributed by atoms with Gasteiger partial charge in [0.1, 0.15) is 5.82 Å². The summed E-state index contributed by atoms with van der Waals surface area (Å²) in [5.41, 5.74) is 1.17. The van der Waals surface area contributed by atoms with E-state index in [1.54, 1.807) is 0 Å². The Kier molecular flexibility index (Phi) is 5.49. The third-order valence-electron chi connectivity index (χ3n) is 4.89. The molecular weight excluding hydrogens is 288 g/mol. The van der Waals surface area contributed by atoms with E-state index < -0.39 is 0 Å². The average molecular weight is 316 g/mol. The van der Waals surface area contributed by atoms with Crippen molar-refractivity contribution < 1.29 is 4.52 Å². The smallest absolute Gasteiger partial charge is 0.150 e. The van der Waals surface area contributed by atoms with E-state index in [2.05, 4.69) is 32.7 Å². The first-order chi connectivity index (χ1) is 11.2. The van der Waals surface area contributed by atoms with Gasteiger partial charge < -0.3 is 9.09 Å². The van der Waals surface area contributed by atoms with Crippen molar-refractivity contribution in [2.45, 2.75) is 57.4 Å². The molecule has 1 fully saturated rings. The van der Waals surface area contributed by atoms with E-state index in [0.29, 0.717) is 5.92 Å². The van der Waals surface area contributed by atoms with E-state index in [0.717, 1.165) is 37.5 Å². The second-order valence-corrected chi connectivity index (χ2v) is 6.85. The molecule has 1 saturated carbocycles. The van der Waals surface area contributed by atoms with E-state index in [1.807, 2.05) is 19.4 Å². The van der Waals surface area contributed by atoms with Crippen molar-refractivity contribution >= 4 is 0 Å². The Hall–Kier alpha value is -1.62. The summed E-state index contributed by atoms with van der Waals surface area (Å²) in [6, 6.07) is 2.17. The van der Waals surface area contributed by atoms with Gasteiger partial charge in [-0.2, -0.15) is 0 Å². The maximum Gasteiger partial charge on any atom is 0.150 e. The van der Waals surface area contributed by atoms with Gasteiger partial charge in [-0.15, -0.1) is 0 Å². The van der Waals surface area contributed by atoms with Crippen molar-refractivity contribution in [3.05, 3.63) is 35.7 Å². The predicted octanol–water partition coefficient (Wildman–Crippen LogP) is 3.52. The zero-order valence-electron chi connectivity index (χ0n) is 14.4. The Bertz CT molecular complexity index is 598. The topological polar surface area (TPSA) is 47.1 Å². The number of imidazole rings is 1. The molecule has 0 spiro atoms. The van der Waals surface area contributed by atoms with Crippen molar-refractivity contribution in [2.75, 3.05) is 13.6 Å². The first-order valence-corrected chi connectivity index (χ1v) is 8.82. The lowest BCUT2D eigenvalue weighted by molar-refractivity contribution is 0.267. The minimum Gasteiger partial charge on any atom is -0.360 e. The molecule has 5 nitrogen and oxygen atoms in total. The van der Waals surface area contributed by atoms with Crippen LogP contribution in [0.5, 0.6) is 0 Å². The Morgan fingerprint density at radius 1 is 1.30 bits per heavy atom. The molecule has 23 heavy (non-hydrogen) atoms. The van der Waals surface area contributed by atoms with Crippen molar-refractivity contribution in [3.63, 3.8) is 0 Å². The summed E-state index contributed by atoms with van der Waals surface area (Å²) in [6.07, 6.45) is 12.6. The van der Waals surface area contributed by atoms with Crippen LogP contribution in [0.2, 0.25) is 0 Å². The second-order valence-electron chi connectivity index (χ2n) is 6.85. The van der Waals surface area contributed by atoms with Crippen molar-refractivity contribution in [2.24, 2.45) is 7.05 Å². The summed E-state index contributed by atoms with van der Waals surface area (Å²) in [6.45, 7) is 1.87. The third kappa shape index (κ3) is 4.44. The molecule has 2 aromatic rings. The van der Waals surface area contributed by atoms with Crippen LogP contribution in [0.25, 0.3) is 0 Å². The van der Waals surface area contributed by atoms with E-state index >= 15 is 0 Å². The molecule has 126 valence electrons. The lowest BCUT2D eigenvalue weighted by Crippen LogP contribution is -2.19. The Balaban J connectivity index is 1.43. The van der Waals surface area contributed by atoms with Crippen molar-refractivity contribution in [1.29, 1.82) is 0 Å². The van der Waals surface area contributed by atoms with Gasteiger partial charge in [-0.25, -0.2) is 4.98 Å². The molecule has 5 heteroatoms. The largest absolute Gasteiger partial charge is 0.360 e. The standard InChI is InChI=1S/C18H28N4O/c1-21(11-6-9-18-19-10-12-22(18)2)14-16-13-17(20-23-16)15-7-4-3-5-8-15/h10,12-13,15H,3-9,11,14H2,1-2H3. The second kappa shape index (κ2) is 7.77. The van der Waals surface area contributed by atoms with Crippen LogP contribution in [-0.4, -0.2) is 33.2 Å². The van der Waals surface area contributed by atoms with Gasteiger partial charge in [0, 0.05) is 37.8 Å². The maximum atomic E-state index is 5.55. The molecule has 0 unspecified atom stereocenters. The fourth-order valence-corrected chi connectivity index (χ4v) is 3.48. The molecule has 0 amide bonds. The SMILES string of the molecule is CN(CCCc1nccn1C)Cc1cc(C2CCCCC2)no1. The van der Waals surface area contributed by atoms with Crippen molar-refractivity contribution in [1.82, 2.24) is 19.6 Å². The summed E-state index contributed by atoms with van der Waals surface area (Å²) < 4.78 is 7.64. The fraction of sp³-hybridized carbons (Fsp3) is 0.667. The summed E-state index contributed by atoms with van der Waals surface area (Å²) in [4.78, 5) is 6.67. The number of rotatable bonds is 7. The summed E-state index contributed by atoms with van der Waals surface area (Å²) in [5.74, 6) is 2.76. The van der Waals surface area contributed by atoms with Crippen LogP contribution >= 0.6 is 0 Å². The van der Waals surface area contributed by atoms with E-state index in [-0.39, 0.29) is 0 Å². The van der Waals surface area contributed by atoms with Crippen LogP contribution in [0.15, 0.2) is 23.0 Å². The van der Waals surface area contributed by atoms with Gasteiger partial charge in [-0.05, 0) is 32.9 Å². The normalized spacial score (nSPS) is 16.3. The molecular formula is C18H28N4O. The van der Waals surface area contributed by atoms with Gasteiger partial charge in [-0.3, -0.25) is 4.90 Å². The molecule has 0 bridgehead atoms. The number of hydrogen-bond acceptors (Lipinski definition) is 4. The minimum atomic E-state index is 0.620. The van der Waals surface area contributed by atoms with Gasteiger partial charge in [0.2, 0.25) is 0 Å². The molecule has 0 atom stereocenters. The zero-order chi connectivity index (χ0) is 16.1. The Morgan fingerprint density at radius 2 is 2.13 bits per heavy atom. The van der Waals surface area contributed by atoms with Crippen LogP contribution < -0.4 is 0 Å². The molecule has 0 aliphatic heterocycles. The van der Waals surface area contributed by atoms with Gasteiger partial charge in [0.05, 0.1) is 12.2 Å². The van der Waals surface area contributed by atoms with E-state index in [1.165, 1.54) is 37.8 Å². The monoisotopic (exact) mass is 316 g/mol. The summed E-state index contributed by atoms with van der Waals surface area (Å²) in [5, 5.41) is 4.31. The Labute approximate surface area is 138 Å². The fourth-order valence-electron chi connectivity index (χ4n) is 3.48. The highest BCUT2D eigenvalue weighted by Crippen LogP contribution is 2.32. The highest BCUT2D eigenvalue weighted by Gasteiger charge is 2.19. The lowest BCUT2D eigenvalue weighted by Gasteiger charge is -2.18. The van der Waals surface area contributed by atoms with Gasteiger partial charge >= 0.3 is 0 Å². The van der Waals surface area contributed by atoms with Crippen LogP contribution in [0.1, 0.15) is 61.7 Å². The van der Waals surface area contributed by atoms with Crippen LogP contribution in [-0.2, 0) is 20.0 Å². The molecule has 0 aromatic carbocycles. The number of nitrogens with zero attached hydrogens (tertiary/aromatic N) is 4. The molecule has 2 heterocycles. The summed E-state index contributed by atoms with van der Waals surface area (Å²) >= 11 is 0. The third-order valence-corrected chi connectivity index (χ3v) is 4.89. The molecule has 2 aromatic heterocycles.